The van der Waals surface area contributed by atoms with Gasteiger partial charge in [0, 0.05) is 56.2 Å². The van der Waals surface area contributed by atoms with E-state index in [0.717, 1.165) is 49.8 Å². The summed E-state index contributed by atoms with van der Waals surface area (Å²) in [6.45, 7) is 3.23. The van der Waals surface area contributed by atoms with Crippen LogP contribution >= 0.6 is 35.7 Å². The summed E-state index contributed by atoms with van der Waals surface area (Å²) < 4.78 is 0. The fraction of sp³-hybridized carbons (Fsp3) is 0.632. The zero-order valence-corrected chi connectivity index (χ0v) is 19.5. The lowest BCUT2D eigenvalue weighted by Crippen LogP contribution is -2.41. The molecule has 2 aliphatic heterocycles. The van der Waals surface area contributed by atoms with Crippen LogP contribution in [0.4, 0.5) is 5.82 Å². The number of piperidine rings is 1. The number of anilines is 1. The van der Waals surface area contributed by atoms with Gasteiger partial charge in [-0.25, -0.2) is 4.98 Å². The molecule has 1 aromatic heterocycles. The summed E-state index contributed by atoms with van der Waals surface area (Å²) in [6.07, 6.45) is 6.00. The molecule has 1 aromatic rings. The number of thioether (sulfide) groups is 1. The van der Waals surface area contributed by atoms with Gasteiger partial charge in [0.15, 0.2) is 5.96 Å². The Hall–Kier alpha value is -1.23. The molecule has 3 heterocycles. The number of primary amides is 1. The largest absolute Gasteiger partial charge is 0.369 e. The summed E-state index contributed by atoms with van der Waals surface area (Å²) in [5, 5.41) is 7.52. The molecule has 0 spiro atoms. The minimum absolute atomic E-state index is 0. The molecule has 0 aromatic carbocycles. The SMILES string of the molecule is CN=C(NCc1cccnc1N1CCC(C(N)=O)CC1)NCC1CCCS1.I. The third-order valence-corrected chi connectivity index (χ3v) is 6.65. The van der Waals surface area contributed by atoms with Gasteiger partial charge >= 0.3 is 0 Å². The van der Waals surface area contributed by atoms with Crippen LogP contribution in [0.15, 0.2) is 23.3 Å². The van der Waals surface area contributed by atoms with Gasteiger partial charge in [0.1, 0.15) is 5.82 Å². The van der Waals surface area contributed by atoms with E-state index in [9.17, 15) is 4.79 Å². The van der Waals surface area contributed by atoms with Crippen molar-refractivity contribution >= 4 is 53.4 Å². The molecule has 0 bridgehead atoms. The molecule has 0 aliphatic carbocycles. The van der Waals surface area contributed by atoms with E-state index < -0.39 is 0 Å². The average Bonchev–Trinajstić information content (AvgIpc) is 3.22. The first-order valence-electron chi connectivity index (χ1n) is 9.71. The van der Waals surface area contributed by atoms with E-state index in [1.54, 1.807) is 7.05 Å². The molecule has 9 heteroatoms. The Morgan fingerprint density at radius 1 is 1.36 bits per heavy atom. The molecule has 156 valence electrons. The highest BCUT2D eigenvalue weighted by atomic mass is 127. The van der Waals surface area contributed by atoms with Crippen LogP contribution in [0.2, 0.25) is 0 Å². The lowest BCUT2D eigenvalue weighted by atomic mass is 9.96. The molecule has 1 atom stereocenters. The van der Waals surface area contributed by atoms with Crippen LogP contribution in [0.1, 0.15) is 31.2 Å². The average molecular weight is 518 g/mol. The summed E-state index contributed by atoms with van der Waals surface area (Å²) in [5.74, 6) is 2.87. The number of carbonyl (C=O) groups excluding carboxylic acids is 1. The first-order valence-corrected chi connectivity index (χ1v) is 10.8. The molecule has 2 aliphatic rings. The predicted molar refractivity (Wildman–Crippen MR) is 127 cm³/mol. The Balaban J connectivity index is 0.00000280. The van der Waals surface area contributed by atoms with Crippen molar-refractivity contribution in [3.05, 3.63) is 23.9 Å². The van der Waals surface area contributed by atoms with E-state index >= 15 is 0 Å². The van der Waals surface area contributed by atoms with E-state index in [1.165, 1.54) is 18.6 Å². The minimum Gasteiger partial charge on any atom is -0.369 e. The van der Waals surface area contributed by atoms with Crippen LogP contribution in [0.5, 0.6) is 0 Å². The van der Waals surface area contributed by atoms with Crippen molar-refractivity contribution in [1.29, 1.82) is 0 Å². The number of nitrogens with two attached hydrogens (primary N) is 1. The van der Waals surface area contributed by atoms with Crippen molar-refractivity contribution < 1.29 is 4.79 Å². The van der Waals surface area contributed by atoms with Crippen molar-refractivity contribution in [2.24, 2.45) is 16.6 Å². The Kier molecular flexibility index (Phi) is 9.63. The molecule has 0 radical (unpaired) electrons. The van der Waals surface area contributed by atoms with Crippen LogP contribution in [0, 0.1) is 5.92 Å². The maximum atomic E-state index is 11.4. The lowest BCUT2D eigenvalue weighted by Gasteiger charge is -2.32. The van der Waals surface area contributed by atoms with Gasteiger partial charge in [0.2, 0.25) is 5.91 Å². The zero-order valence-electron chi connectivity index (χ0n) is 16.4. The van der Waals surface area contributed by atoms with E-state index in [2.05, 4.69) is 31.6 Å². The van der Waals surface area contributed by atoms with Crippen LogP contribution in [-0.4, -0.2) is 54.5 Å². The van der Waals surface area contributed by atoms with Gasteiger partial charge in [-0.15, -0.1) is 24.0 Å². The third-order valence-electron chi connectivity index (χ3n) is 5.26. The monoisotopic (exact) mass is 518 g/mol. The molecule has 7 nitrogen and oxygen atoms in total. The number of rotatable bonds is 6. The van der Waals surface area contributed by atoms with Crippen molar-refractivity contribution in [1.82, 2.24) is 15.6 Å². The lowest BCUT2D eigenvalue weighted by molar-refractivity contribution is -0.122. The van der Waals surface area contributed by atoms with E-state index in [1.807, 2.05) is 24.0 Å². The maximum Gasteiger partial charge on any atom is 0.220 e. The van der Waals surface area contributed by atoms with Gasteiger partial charge in [-0.2, -0.15) is 11.8 Å². The molecule has 2 fully saturated rings. The molecule has 2 saturated heterocycles. The van der Waals surface area contributed by atoms with Crippen molar-refractivity contribution in [2.75, 3.05) is 37.3 Å². The number of guanidine groups is 1. The molecule has 4 N–H and O–H groups in total. The Morgan fingerprint density at radius 2 is 2.14 bits per heavy atom. The number of halogens is 1. The summed E-state index contributed by atoms with van der Waals surface area (Å²) in [6, 6.07) is 4.05. The minimum atomic E-state index is -0.187. The second-order valence-corrected chi connectivity index (χ2v) is 8.50. The summed E-state index contributed by atoms with van der Waals surface area (Å²) in [5.41, 5.74) is 6.58. The molecule has 0 saturated carbocycles. The summed E-state index contributed by atoms with van der Waals surface area (Å²) in [4.78, 5) is 22.6. The number of hydrogen-bond donors (Lipinski definition) is 3. The number of aromatic nitrogens is 1. The standard InChI is InChI=1S/C19H30N6OS.HI/c1-21-19(24-13-16-5-3-11-27-16)23-12-15-4-2-8-22-18(15)25-9-6-14(7-10-25)17(20)26;/h2,4,8,14,16H,3,5-7,9-13H2,1H3,(H2,20,26)(H2,21,23,24);1H. The number of nitrogens with one attached hydrogen (secondary N) is 2. The highest BCUT2D eigenvalue weighted by molar-refractivity contribution is 14.0. The van der Waals surface area contributed by atoms with E-state index in [4.69, 9.17) is 5.73 Å². The van der Waals surface area contributed by atoms with Gasteiger partial charge in [0.05, 0.1) is 0 Å². The predicted octanol–water partition coefficient (Wildman–Crippen LogP) is 1.96. The number of carbonyl (C=O) groups is 1. The first kappa shape index (κ1) is 23.1. The second-order valence-electron chi connectivity index (χ2n) is 7.09. The van der Waals surface area contributed by atoms with Crippen molar-refractivity contribution in [3.63, 3.8) is 0 Å². The summed E-state index contributed by atoms with van der Waals surface area (Å²) >= 11 is 2.04. The topological polar surface area (TPSA) is 95.6 Å². The summed E-state index contributed by atoms with van der Waals surface area (Å²) in [7, 11) is 1.80. The van der Waals surface area contributed by atoms with Crippen LogP contribution in [0.25, 0.3) is 0 Å². The fourth-order valence-corrected chi connectivity index (χ4v) is 4.85. The zero-order chi connectivity index (χ0) is 19.1. The van der Waals surface area contributed by atoms with Crippen molar-refractivity contribution in [3.8, 4) is 0 Å². The number of amides is 1. The Morgan fingerprint density at radius 3 is 2.79 bits per heavy atom. The fourth-order valence-electron chi connectivity index (χ4n) is 3.64. The highest BCUT2D eigenvalue weighted by Crippen LogP contribution is 2.25. The number of aliphatic imine (C=N–C) groups is 1. The molecule has 28 heavy (non-hydrogen) atoms. The van der Waals surface area contributed by atoms with E-state index in [-0.39, 0.29) is 35.8 Å². The van der Waals surface area contributed by atoms with Crippen LogP contribution < -0.4 is 21.3 Å². The molecule has 1 amide bonds. The Bertz CT molecular complexity index is 660. The van der Waals surface area contributed by atoms with Crippen LogP contribution in [0.3, 0.4) is 0 Å². The molecular formula is C19H31IN6OS. The van der Waals surface area contributed by atoms with Crippen molar-refractivity contribution in [2.45, 2.75) is 37.5 Å². The Labute approximate surface area is 188 Å². The first-order chi connectivity index (χ1) is 13.2. The molecule has 3 rings (SSSR count). The maximum absolute atomic E-state index is 11.4. The van der Waals surface area contributed by atoms with E-state index in [0.29, 0.717) is 11.8 Å². The number of pyridine rings is 1. The van der Waals surface area contributed by atoms with Gasteiger partial charge in [0.25, 0.3) is 0 Å². The second kappa shape index (κ2) is 11.7. The number of hydrogen-bond acceptors (Lipinski definition) is 5. The number of nitrogens with zero attached hydrogens (tertiary/aromatic N) is 3. The molecular weight excluding hydrogens is 487 g/mol. The molecule has 1 unspecified atom stereocenters. The van der Waals surface area contributed by atoms with Gasteiger partial charge < -0.3 is 21.3 Å². The third kappa shape index (κ3) is 6.40. The van der Waals surface area contributed by atoms with Gasteiger partial charge in [-0.05, 0) is 37.5 Å². The van der Waals surface area contributed by atoms with Crippen LogP contribution in [-0.2, 0) is 11.3 Å². The van der Waals surface area contributed by atoms with Gasteiger partial charge in [-0.1, -0.05) is 6.07 Å². The normalized spacial score (nSPS) is 20.5. The quantitative estimate of drug-likeness (QED) is 0.303. The van der Waals surface area contributed by atoms with Gasteiger partial charge in [-0.3, -0.25) is 9.79 Å². The highest BCUT2D eigenvalue weighted by Gasteiger charge is 2.25. The smallest absolute Gasteiger partial charge is 0.220 e.